The normalized spacial score (nSPS) is 23.1. The van der Waals surface area contributed by atoms with E-state index in [9.17, 15) is 23.2 Å². The number of aliphatic carboxylic acids is 1. The number of nitrogens with one attached hydrogen (secondary N) is 3. The number of hydrogen-bond donors (Lipinski definition) is 4. The second kappa shape index (κ2) is 6.31. The number of imidazole rings is 1. The third-order valence-corrected chi connectivity index (χ3v) is 3.80. The van der Waals surface area contributed by atoms with E-state index in [0.29, 0.717) is 0 Å². The molecule has 1 heterocycles. The number of carboxylic acid groups (broad SMARTS) is 1. The number of carbonyl (C=O) groups excluding carboxylic acids is 2. The van der Waals surface area contributed by atoms with Gasteiger partial charge in [-0.15, -0.1) is 0 Å². The zero-order chi connectivity index (χ0) is 17.2. The van der Waals surface area contributed by atoms with Crippen LogP contribution in [0, 0.1) is 5.92 Å². The predicted molar refractivity (Wildman–Crippen MR) is 73.2 cm³/mol. The van der Waals surface area contributed by atoms with Gasteiger partial charge in [0.1, 0.15) is 5.69 Å². The molecule has 0 bridgehead atoms. The number of carbonyl (C=O) groups is 3. The van der Waals surface area contributed by atoms with Gasteiger partial charge in [0.25, 0.3) is 17.7 Å². The number of H-pyrrole nitrogens is 1. The van der Waals surface area contributed by atoms with E-state index >= 15 is 0 Å². The lowest BCUT2D eigenvalue weighted by Gasteiger charge is -2.34. The molecule has 1 aromatic rings. The molecule has 1 saturated carbocycles. The summed E-state index contributed by atoms with van der Waals surface area (Å²) in [7, 11) is 1.35. The number of halogens is 2. The molecule has 1 aromatic heterocycles. The first-order valence-electron chi connectivity index (χ1n) is 6.93. The zero-order valence-corrected chi connectivity index (χ0v) is 12.2. The van der Waals surface area contributed by atoms with E-state index in [2.05, 4.69) is 20.6 Å². The molecular weight excluding hydrogens is 314 g/mol. The number of alkyl halides is 2. The lowest BCUT2D eigenvalue weighted by molar-refractivity contribution is -0.150. The molecule has 8 nitrogen and oxygen atoms in total. The fraction of sp³-hybridized carbons (Fsp3) is 0.538. The Morgan fingerprint density at radius 1 is 1.35 bits per heavy atom. The Morgan fingerprint density at radius 3 is 2.61 bits per heavy atom. The summed E-state index contributed by atoms with van der Waals surface area (Å²) < 4.78 is 28.0. The van der Waals surface area contributed by atoms with E-state index in [1.54, 1.807) is 0 Å². The Balaban J connectivity index is 2.10. The summed E-state index contributed by atoms with van der Waals surface area (Å²) in [6, 6.07) is -1.50. The highest BCUT2D eigenvalue weighted by Crippen LogP contribution is 2.37. The Hall–Kier alpha value is -2.52. The molecule has 1 fully saturated rings. The predicted octanol–water partition coefficient (Wildman–Crippen LogP) is 0.388. The maximum atomic E-state index is 14.0. The number of carboxylic acids is 1. The van der Waals surface area contributed by atoms with E-state index < -0.39 is 42.1 Å². The number of aromatic nitrogens is 2. The topological polar surface area (TPSA) is 124 Å². The second-order valence-electron chi connectivity index (χ2n) is 5.31. The quantitative estimate of drug-likeness (QED) is 0.636. The van der Waals surface area contributed by atoms with Crippen LogP contribution < -0.4 is 10.6 Å². The van der Waals surface area contributed by atoms with Crippen LogP contribution in [0.2, 0.25) is 0 Å². The van der Waals surface area contributed by atoms with Crippen LogP contribution >= 0.6 is 0 Å². The standard InChI is InChI=1S/C13H16F2N4O4/c1-16-10(20)8-9(18-5-17-8)11(21)19-7-3-2-6(12(22)23)4-13(7,14)15/h5-7H,2-4H2,1H3,(H,16,20)(H,17,18)(H,19,21)(H,22,23)/t6-,7-/m1/s1. The number of nitrogens with zero attached hydrogens (tertiary/aromatic N) is 1. The summed E-state index contributed by atoms with van der Waals surface area (Å²) in [5.41, 5.74) is -0.423. The molecule has 0 radical (unpaired) electrons. The minimum Gasteiger partial charge on any atom is -0.481 e. The summed E-state index contributed by atoms with van der Waals surface area (Å²) in [5.74, 6) is -7.27. The van der Waals surface area contributed by atoms with Crippen molar-refractivity contribution in [1.29, 1.82) is 0 Å². The highest BCUT2D eigenvalue weighted by molar-refractivity contribution is 6.04. The summed E-state index contributed by atoms with van der Waals surface area (Å²) >= 11 is 0. The van der Waals surface area contributed by atoms with Crippen LogP contribution in [0.15, 0.2) is 6.33 Å². The first-order valence-corrected chi connectivity index (χ1v) is 6.93. The number of amides is 2. The smallest absolute Gasteiger partial charge is 0.306 e. The Morgan fingerprint density at radius 2 is 2.04 bits per heavy atom. The van der Waals surface area contributed by atoms with Crippen molar-refractivity contribution in [3.63, 3.8) is 0 Å². The van der Waals surface area contributed by atoms with E-state index in [1.165, 1.54) is 7.05 Å². The van der Waals surface area contributed by atoms with E-state index in [0.717, 1.165) is 6.33 Å². The fourth-order valence-corrected chi connectivity index (χ4v) is 2.53. The number of hydrogen-bond acceptors (Lipinski definition) is 4. The first kappa shape index (κ1) is 16.8. The lowest BCUT2D eigenvalue weighted by atomic mass is 9.83. The van der Waals surface area contributed by atoms with Gasteiger partial charge in [-0.2, -0.15) is 0 Å². The van der Waals surface area contributed by atoms with Crippen LogP contribution in [0.1, 0.15) is 40.2 Å². The first-order chi connectivity index (χ1) is 10.8. The highest BCUT2D eigenvalue weighted by atomic mass is 19.3. The van der Waals surface area contributed by atoms with Crippen LogP contribution in [-0.4, -0.2) is 51.9 Å². The Labute approximate surface area is 129 Å². The molecule has 0 spiro atoms. The van der Waals surface area contributed by atoms with Crippen molar-refractivity contribution in [3.05, 3.63) is 17.7 Å². The molecule has 2 atom stereocenters. The monoisotopic (exact) mass is 330 g/mol. The molecule has 0 unspecified atom stereocenters. The molecule has 0 aliphatic heterocycles. The summed E-state index contributed by atoms with van der Waals surface area (Å²) in [5, 5.41) is 13.3. The van der Waals surface area contributed by atoms with Crippen molar-refractivity contribution < 1.29 is 28.3 Å². The van der Waals surface area contributed by atoms with Gasteiger partial charge in [0.05, 0.1) is 18.3 Å². The molecule has 10 heteroatoms. The van der Waals surface area contributed by atoms with Crippen LogP contribution in [0.25, 0.3) is 0 Å². The summed E-state index contributed by atoms with van der Waals surface area (Å²) in [4.78, 5) is 40.6. The van der Waals surface area contributed by atoms with E-state index in [4.69, 9.17) is 5.11 Å². The van der Waals surface area contributed by atoms with Crippen LogP contribution in [0.4, 0.5) is 8.78 Å². The molecule has 0 saturated heterocycles. The Kier molecular flexibility index (Phi) is 4.62. The van der Waals surface area contributed by atoms with E-state index in [1.807, 2.05) is 0 Å². The second-order valence-corrected chi connectivity index (χ2v) is 5.31. The maximum absolute atomic E-state index is 14.0. The van der Waals surface area contributed by atoms with Gasteiger partial charge in [0, 0.05) is 13.5 Å². The average molecular weight is 330 g/mol. The lowest BCUT2D eigenvalue weighted by Crippen LogP contribution is -2.52. The summed E-state index contributed by atoms with van der Waals surface area (Å²) in [6.07, 6.45) is 0.142. The molecule has 2 rings (SSSR count). The zero-order valence-electron chi connectivity index (χ0n) is 12.2. The minimum absolute atomic E-state index is 0.0404. The van der Waals surface area contributed by atoms with Gasteiger partial charge in [-0.1, -0.05) is 0 Å². The van der Waals surface area contributed by atoms with Crippen molar-refractivity contribution in [3.8, 4) is 0 Å². The fourth-order valence-electron chi connectivity index (χ4n) is 2.53. The molecule has 2 amide bonds. The summed E-state index contributed by atoms with van der Waals surface area (Å²) in [6.45, 7) is 0. The minimum atomic E-state index is -3.35. The van der Waals surface area contributed by atoms with Crippen molar-refractivity contribution in [2.75, 3.05) is 7.05 Å². The van der Waals surface area contributed by atoms with Gasteiger partial charge >= 0.3 is 5.97 Å². The van der Waals surface area contributed by atoms with Gasteiger partial charge < -0.3 is 20.7 Å². The maximum Gasteiger partial charge on any atom is 0.306 e. The molecule has 23 heavy (non-hydrogen) atoms. The Bertz CT molecular complexity index is 631. The van der Waals surface area contributed by atoms with Crippen LogP contribution in [0.3, 0.4) is 0 Å². The third-order valence-electron chi connectivity index (χ3n) is 3.80. The van der Waals surface area contributed by atoms with Gasteiger partial charge in [-0.05, 0) is 12.8 Å². The largest absolute Gasteiger partial charge is 0.481 e. The highest BCUT2D eigenvalue weighted by Gasteiger charge is 2.48. The van der Waals surface area contributed by atoms with Gasteiger partial charge in [0.15, 0.2) is 5.69 Å². The van der Waals surface area contributed by atoms with Crippen molar-refractivity contribution >= 4 is 17.8 Å². The molecule has 1 aliphatic carbocycles. The molecule has 4 N–H and O–H groups in total. The average Bonchev–Trinajstić information content (AvgIpc) is 2.97. The van der Waals surface area contributed by atoms with E-state index in [-0.39, 0.29) is 24.2 Å². The number of rotatable bonds is 4. The number of aromatic amines is 1. The van der Waals surface area contributed by atoms with Crippen molar-refractivity contribution in [2.24, 2.45) is 5.92 Å². The molecule has 1 aliphatic rings. The molecule has 126 valence electrons. The third kappa shape index (κ3) is 3.46. The van der Waals surface area contributed by atoms with Crippen molar-refractivity contribution in [2.45, 2.75) is 31.2 Å². The van der Waals surface area contributed by atoms with Crippen LogP contribution in [0.5, 0.6) is 0 Å². The van der Waals surface area contributed by atoms with Gasteiger partial charge in [0.2, 0.25) is 0 Å². The van der Waals surface area contributed by atoms with Gasteiger partial charge in [-0.25, -0.2) is 13.8 Å². The molecule has 0 aromatic carbocycles. The van der Waals surface area contributed by atoms with Crippen molar-refractivity contribution in [1.82, 2.24) is 20.6 Å². The molecular formula is C13H16F2N4O4. The van der Waals surface area contributed by atoms with Crippen LogP contribution in [-0.2, 0) is 4.79 Å². The SMILES string of the molecule is CNC(=O)c1[nH]cnc1C(=O)N[C@@H]1CC[C@@H](C(=O)O)CC1(F)F. The van der Waals surface area contributed by atoms with Gasteiger partial charge in [-0.3, -0.25) is 14.4 Å².